The second-order valence-electron chi connectivity index (χ2n) is 5.38. The molecule has 0 unspecified atom stereocenters. The van der Waals surface area contributed by atoms with Gasteiger partial charge in [0, 0.05) is 23.4 Å². The second-order valence-corrected chi connectivity index (χ2v) is 6.87. The van der Waals surface area contributed by atoms with Crippen LogP contribution in [0.1, 0.15) is 16.9 Å². The van der Waals surface area contributed by atoms with Gasteiger partial charge in [-0.05, 0) is 30.2 Å². The molecule has 2 heterocycles. The Bertz CT molecular complexity index is 940. The molecule has 1 N–H and O–H groups in total. The van der Waals surface area contributed by atoms with Crippen LogP contribution < -0.4 is 5.32 Å². The predicted molar refractivity (Wildman–Crippen MR) is 89.1 cm³/mol. The maximum absolute atomic E-state index is 13.3. The third-order valence-corrected chi connectivity index (χ3v) is 5.29. The van der Waals surface area contributed by atoms with Crippen LogP contribution in [0.5, 0.6) is 0 Å². The molecule has 0 amide bonds. The van der Waals surface area contributed by atoms with Crippen LogP contribution in [-0.4, -0.2) is 15.8 Å². The zero-order valence-electron chi connectivity index (χ0n) is 11.9. The van der Waals surface area contributed by atoms with E-state index >= 15 is 0 Å². The van der Waals surface area contributed by atoms with Crippen molar-refractivity contribution < 1.29 is 9.18 Å². The lowest BCUT2D eigenvalue weighted by Crippen LogP contribution is -2.11. The number of benzene rings is 1. The fourth-order valence-corrected chi connectivity index (χ4v) is 4.18. The number of hydrogen-bond donors (Lipinski definition) is 1. The van der Waals surface area contributed by atoms with Gasteiger partial charge < -0.3 is 5.32 Å². The Labute approximate surface area is 140 Å². The molecule has 0 aliphatic heterocycles. The van der Waals surface area contributed by atoms with Gasteiger partial charge in [0.1, 0.15) is 28.6 Å². The minimum absolute atomic E-state index is 0.0539. The number of nitrogens with zero attached hydrogens (tertiary/aromatic N) is 2. The molecule has 1 aromatic carbocycles. The van der Waals surface area contributed by atoms with E-state index in [0.29, 0.717) is 30.8 Å². The number of nitrogens with one attached hydrogen (secondary N) is 1. The van der Waals surface area contributed by atoms with Gasteiger partial charge in [0.05, 0.1) is 10.4 Å². The lowest BCUT2D eigenvalue weighted by Gasteiger charge is -2.12. The summed E-state index contributed by atoms with van der Waals surface area (Å²) in [7, 11) is 0. The number of ketones is 1. The number of hydrogen-bond acceptors (Lipinski definition) is 5. The number of fused-ring (bicyclic) bond motifs is 3. The highest BCUT2D eigenvalue weighted by molar-refractivity contribution is 7.19. The highest BCUT2D eigenvalue weighted by Crippen LogP contribution is 2.38. The molecule has 3 aromatic rings. The van der Waals surface area contributed by atoms with Gasteiger partial charge in [-0.2, -0.15) is 0 Å². The Morgan fingerprint density at radius 3 is 2.96 bits per heavy atom. The third kappa shape index (κ3) is 2.58. The van der Waals surface area contributed by atoms with E-state index in [-0.39, 0.29) is 10.8 Å². The van der Waals surface area contributed by atoms with Crippen LogP contribution >= 0.6 is 22.9 Å². The lowest BCUT2D eigenvalue weighted by molar-refractivity contribution is -0.118. The van der Waals surface area contributed by atoms with Gasteiger partial charge in [0.25, 0.3) is 0 Å². The predicted octanol–water partition coefficient (Wildman–Crippen LogP) is 4.29. The van der Waals surface area contributed by atoms with Crippen LogP contribution in [0.25, 0.3) is 10.2 Å². The molecule has 0 saturated heterocycles. The van der Waals surface area contributed by atoms with Crippen molar-refractivity contribution in [1.29, 1.82) is 0 Å². The molecule has 0 saturated carbocycles. The molecule has 4 nitrogen and oxygen atoms in total. The van der Waals surface area contributed by atoms with E-state index in [0.717, 1.165) is 20.7 Å². The number of Topliss-reactive ketones (excluding diaryl/α,β-unsaturated/α-hetero) is 1. The summed E-state index contributed by atoms with van der Waals surface area (Å²) >= 11 is 7.36. The summed E-state index contributed by atoms with van der Waals surface area (Å²) in [5.74, 6) is 0.456. The van der Waals surface area contributed by atoms with Crippen molar-refractivity contribution in [2.45, 2.75) is 19.3 Å². The van der Waals surface area contributed by atoms with Crippen molar-refractivity contribution in [2.24, 2.45) is 0 Å². The van der Waals surface area contributed by atoms with E-state index in [1.165, 1.54) is 29.8 Å². The van der Waals surface area contributed by atoms with Gasteiger partial charge in [0.15, 0.2) is 0 Å². The van der Waals surface area contributed by atoms with Crippen LogP contribution in [0, 0.1) is 5.82 Å². The quantitative estimate of drug-likeness (QED) is 0.751. The number of aromatic nitrogens is 2. The Morgan fingerprint density at radius 1 is 1.26 bits per heavy atom. The van der Waals surface area contributed by atoms with E-state index in [2.05, 4.69) is 15.3 Å². The largest absolute Gasteiger partial charge is 0.340 e. The molecule has 1 aliphatic carbocycles. The minimum atomic E-state index is -0.462. The van der Waals surface area contributed by atoms with Gasteiger partial charge in [-0.3, -0.25) is 4.79 Å². The maximum atomic E-state index is 13.3. The first-order valence-electron chi connectivity index (χ1n) is 7.11. The van der Waals surface area contributed by atoms with Crippen LogP contribution in [0.4, 0.5) is 15.9 Å². The number of aryl methyl sites for hydroxylation is 1. The van der Waals surface area contributed by atoms with Gasteiger partial charge in [-0.15, -0.1) is 11.3 Å². The number of halogens is 2. The fraction of sp³-hybridized carbons (Fsp3) is 0.188. The summed E-state index contributed by atoms with van der Waals surface area (Å²) < 4.78 is 13.3. The molecule has 23 heavy (non-hydrogen) atoms. The van der Waals surface area contributed by atoms with Crippen molar-refractivity contribution in [1.82, 2.24) is 9.97 Å². The average Bonchev–Trinajstić information content (AvgIpc) is 2.89. The molecule has 0 radical (unpaired) electrons. The standard InChI is InChI=1S/C16H11ClFN3OS/c17-11-5-8(1-4-12(11)18)21-15-14-10-3-2-9(22)6-13(10)23-16(14)20-7-19-15/h1,4-5,7H,2-3,6H2,(H,19,20,21). The molecule has 0 atom stereocenters. The molecule has 4 rings (SSSR count). The van der Waals surface area contributed by atoms with Crippen molar-refractivity contribution in [3.05, 3.63) is 45.8 Å². The minimum Gasteiger partial charge on any atom is -0.340 e. The molecule has 7 heteroatoms. The first kappa shape index (κ1) is 14.5. The summed E-state index contributed by atoms with van der Waals surface area (Å²) in [4.78, 5) is 22.2. The molecule has 116 valence electrons. The van der Waals surface area contributed by atoms with Crippen molar-refractivity contribution >= 4 is 50.4 Å². The van der Waals surface area contributed by atoms with Crippen molar-refractivity contribution in [2.75, 3.05) is 5.32 Å². The number of anilines is 2. The average molecular weight is 348 g/mol. The Balaban J connectivity index is 1.80. The molecular weight excluding hydrogens is 337 g/mol. The zero-order valence-corrected chi connectivity index (χ0v) is 13.5. The molecule has 0 bridgehead atoms. The maximum Gasteiger partial charge on any atom is 0.142 e. The highest BCUT2D eigenvalue weighted by atomic mass is 35.5. The smallest absolute Gasteiger partial charge is 0.142 e. The molecular formula is C16H11ClFN3OS. The Hall–Kier alpha value is -2.05. The fourth-order valence-electron chi connectivity index (χ4n) is 2.78. The van der Waals surface area contributed by atoms with Gasteiger partial charge >= 0.3 is 0 Å². The number of carbonyl (C=O) groups is 1. The van der Waals surface area contributed by atoms with Crippen molar-refractivity contribution in [3.63, 3.8) is 0 Å². The third-order valence-electron chi connectivity index (χ3n) is 3.86. The Morgan fingerprint density at radius 2 is 2.13 bits per heavy atom. The second kappa shape index (κ2) is 5.54. The van der Waals surface area contributed by atoms with E-state index < -0.39 is 5.82 Å². The van der Waals surface area contributed by atoms with E-state index in [9.17, 15) is 9.18 Å². The van der Waals surface area contributed by atoms with E-state index in [1.54, 1.807) is 6.07 Å². The highest BCUT2D eigenvalue weighted by Gasteiger charge is 2.23. The molecule has 2 aromatic heterocycles. The number of carbonyl (C=O) groups excluding carboxylic acids is 1. The topological polar surface area (TPSA) is 54.9 Å². The molecule has 0 fully saturated rings. The Kier molecular flexibility index (Phi) is 3.50. The number of thiophene rings is 1. The normalized spacial score (nSPS) is 14.1. The van der Waals surface area contributed by atoms with E-state index in [4.69, 9.17) is 11.6 Å². The first-order valence-corrected chi connectivity index (χ1v) is 8.30. The lowest BCUT2D eigenvalue weighted by atomic mass is 9.96. The number of rotatable bonds is 2. The molecule has 1 aliphatic rings. The summed E-state index contributed by atoms with van der Waals surface area (Å²) in [6.45, 7) is 0. The SMILES string of the molecule is O=C1CCc2c(sc3ncnc(Nc4ccc(F)c(Cl)c4)c23)C1. The summed E-state index contributed by atoms with van der Waals surface area (Å²) in [6.07, 6.45) is 3.22. The van der Waals surface area contributed by atoms with Crippen molar-refractivity contribution in [3.8, 4) is 0 Å². The van der Waals surface area contributed by atoms with Crippen LogP contribution in [-0.2, 0) is 17.6 Å². The van der Waals surface area contributed by atoms with Gasteiger partial charge in [-0.1, -0.05) is 11.6 Å². The van der Waals surface area contributed by atoms with Crippen LogP contribution in [0.15, 0.2) is 24.5 Å². The summed E-state index contributed by atoms with van der Waals surface area (Å²) in [5.41, 5.74) is 1.80. The molecule has 0 spiro atoms. The van der Waals surface area contributed by atoms with E-state index in [1.807, 2.05) is 0 Å². The monoisotopic (exact) mass is 347 g/mol. The first-order chi connectivity index (χ1) is 11.1. The van der Waals surface area contributed by atoms with Crippen LogP contribution in [0.2, 0.25) is 5.02 Å². The van der Waals surface area contributed by atoms with Gasteiger partial charge in [0.2, 0.25) is 0 Å². The summed E-state index contributed by atoms with van der Waals surface area (Å²) in [6, 6.07) is 4.44. The zero-order chi connectivity index (χ0) is 16.0. The van der Waals surface area contributed by atoms with Crippen LogP contribution in [0.3, 0.4) is 0 Å². The summed E-state index contributed by atoms with van der Waals surface area (Å²) in [5, 5.41) is 4.18. The van der Waals surface area contributed by atoms with Gasteiger partial charge in [-0.25, -0.2) is 14.4 Å².